The maximum absolute atomic E-state index is 11.3. The van der Waals surface area contributed by atoms with Crippen LogP contribution in [0.3, 0.4) is 0 Å². The molecule has 80 valence electrons. The zero-order valence-corrected chi connectivity index (χ0v) is 10.0. The van der Waals surface area contributed by atoms with Crippen molar-refractivity contribution in [2.24, 2.45) is 0 Å². The van der Waals surface area contributed by atoms with Gasteiger partial charge >= 0.3 is 0 Å². The number of carbonyl (C=O) groups is 1. The van der Waals surface area contributed by atoms with Crippen LogP contribution in [0.5, 0.6) is 0 Å². The summed E-state index contributed by atoms with van der Waals surface area (Å²) in [5, 5.41) is 2.95. The van der Waals surface area contributed by atoms with E-state index in [2.05, 4.69) is 21.2 Å². The highest BCUT2D eigenvalue weighted by atomic mass is 79.9. The topological polar surface area (TPSA) is 38.3 Å². The molecule has 4 heteroatoms. The van der Waals surface area contributed by atoms with Gasteiger partial charge in [0.2, 0.25) is 5.91 Å². The lowest BCUT2D eigenvalue weighted by Gasteiger charge is -2.34. The summed E-state index contributed by atoms with van der Waals surface area (Å²) in [6.07, 6.45) is 0. The Morgan fingerprint density at radius 2 is 2.33 bits per heavy atom. The van der Waals surface area contributed by atoms with Gasteiger partial charge in [-0.15, -0.1) is 0 Å². The van der Waals surface area contributed by atoms with Gasteiger partial charge in [0.25, 0.3) is 0 Å². The molecule has 15 heavy (non-hydrogen) atoms. The van der Waals surface area contributed by atoms with Crippen molar-refractivity contribution in [3.05, 3.63) is 34.3 Å². The van der Waals surface area contributed by atoms with Crippen molar-refractivity contribution >= 4 is 21.8 Å². The van der Waals surface area contributed by atoms with Crippen LogP contribution in [0.1, 0.15) is 12.5 Å². The minimum atomic E-state index is -0.418. The van der Waals surface area contributed by atoms with E-state index in [-0.39, 0.29) is 12.5 Å². The Morgan fingerprint density at radius 3 is 3.00 bits per heavy atom. The maximum atomic E-state index is 11.3. The molecular formula is C11H12BrNO2. The molecule has 1 aromatic rings. The molecule has 1 aliphatic rings. The Bertz CT molecular complexity index is 394. The number of hydrogen-bond donors (Lipinski definition) is 1. The zero-order chi connectivity index (χ0) is 10.9. The maximum Gasteiger partial charge on any atom is 0.246 e. The summed E-state index contributed by atoms with van der Waals surface area (Å²) in [6.45, 7) is 2.63. The number of amides is 1. The Morgan fingerprint density at radius 1 is 1.53 bits per heavy atom. The number of ether oxygens (including phenoxy) is 1. The second-order valence-corrected chi connectivity index (χ2v) is 4.80. The molecule has 1 fully saturated rings. The first-order valence-corrected chi connectivity index (χ1v) is 5.54. The van der Waals surface area contributed by atoms with Crippen LogP contribution < -0.4 is 5.32 Å². The second-order valence-electron chi connectivity index (χ2n) is 3.88. The van der Waals surface area contributed by atoms with Gasteiger partial charge in [-0.1, -0.05) is 28.1 Å². The molecule has 0 aliphatic carbocycles. The van der Waals surface area contributed by atoms with Gasteiger partial charge in [-0.05, 0) is 24.6 Å². The Labute approximate surface area is 96.9 Å². The molecule has 0 aromatic heterocycles. The Kier molecular flexibility index (Phi) is 2.80. The van der Waals surface area contributed by atoms with Crippen molar-refractivity contribution in [3.63, 3.8) is 0 Å². The van der Waals surface area contributed by atoms with Gasteiger partial charge in [-0.2, -0.15) is 0 Å². The summed E-state index contributed by atoms with van der Waals surface area (Å²) in [7, 11) is 0. The van der Waals surface area contributed by atoms with Crippen LogP contribution in [-0.2, 0) is 15.1 Å². The summed E-state index contributed by atoms with van der Waals surface area (Å²) >= 11 is 3.41. The third-order valence-corrected chi connectivity index (χ3v) is 2.99. The van der Waals surface area contributed by atoms with Gasteiger partial charge in [0.1, 0.15) is 6.61 Å². The molecule has 0 spiro atoms. The molecule has 1 aromatic carbocycles. The number of carbonyl (C=O) groups excluding carboxylic acids is 1. The molecular weight excluding hydrogens is 258 g/mol. The van der Waals surface area contributed by atoms with Crippen molar-refractivity contribution in [2.75, 3.05) is 13.2 Å². The van der Waals surface area contributed by atoms with E-state index >= 15 is 0 Å². The summed E-state index contributed by atoms with van der Waals surface area (Å²) < 4.78 is 6.27. The van der Waals surface area contributed by atoms with Crippen molar-refractivity contribution in [3.8, 4) is 0 Å². The summed E-state index contributed by atoms with van der Waals surface area (Å²) in [5.41, 5.74) is 0.629. The number of rotatable bonds is 1. The molecule has 3 nitrogen and oxygen atoms in total. The van der Waals surface area contributed by atoms with E-state index in [4.69, 9.17) is 4.74 Å². The largest absolute Gasteiger partial charge is 0.369 e. The SMILES string of the molecule is CC1(c2cccc(Br)c2)COCC(=O)N1. The highest BCUT2D eigenvalue weighted by molar-refractivity contribution is 9.10. The van der Waals surface area contributed by atoms with E-state index in [0.717, 1.165) is 10.0 Å². The molecule has 1 aliphatic heterocycles. The van der Waals surface area contributed by atoms with Crippen molar-refractivity contribution in [1.29, 1.82) is 0 Å². The number of hydrogen-bond acceptors (Lipinski definition) is 2. The number of nitrogens with one attached hydrogen (secondary N) is 1. The van der Waals surface area contributed by atoms with E-state index in [0.29, 0.717) is 6.61 Å². The van der Waals surface area contributed by atoms with E-state index in [1.165, 1.54) is 0 Å². The zero-order valence-electron chi connectivity index (χ0n) is 8.42. The van der Waals surface area contributed by atoms with Crippen LogP contribution >= 0.6 is 15.9 Å². The van der Waals surface area contributed by atoms with Crippen LogP contribution in [0.25, 0.3) is 0 Å². The average molecular weight is 270 g/mol. The van der Waals surface area contributed by atoms with Crippen LogP contribution in [-0.4, -0.2) is 19.1 Å². The van der Waals surface area contributed by atoms with E-state index in [1.54, 1.807) is 0 Å². The van der Waals surface area contributed by atoms with Gasteiger partial charge in [-0.3, -0.25) is 4.79 Å². The number of halogens is 1. The Hall–Kier alpha value is -0.870. The molecule has 1 unspecified atom stereocenters. The van der Waals surface area contributed by atoms with E-state index in [1.807, 2.05) is 31.2 Å². The lowest BCUT2D eigenvalue weighted by molar-refractivity contribution is -0.135. The van der Waals surface area contributed by atoms with Gasteiger partial charge < -0.3 is 10.1 Å². The fourth-order valence-electron chi connectivity index (χ4n) is 1.71. The highest BCUT2D eigenvalue weighted by Crippen LogP contribution is 2.25. The highest BCUT2D eigenvalue weighted by Gasteiger charge is 2.32. The predicted octanol–water partition coefficient (Wildman–Crippen LogP) is 1.81. The fraction of sp³-hybridized carbons (Fsp3) is 0.364. The summed E-state index contributed by atoms with van der Waals surface area (Å²) in [6, 6.07) is 7.89. The molecule has 1 atom stereocenters. The van der Waals surface area contributed by atoms with Crippen LogP contribution in [0.2, 0.25) is 0 Å². The molecule has 0 saturated carbocycles. The monoisotopic (exact) mass is 269 g/mol. The summed E-state index contributed by atoms with van der Waals surface area (Å²) in [4.78, 5) is 11.3. The number of morpholine rings is 1. The van der Waals surface area contributed by atoms with Crippen molar-refractivity contribution in [2.45, 2.75) is 12.5 Å². The second kappa shape index (κ2) is 3.94. The molecule has 1 N–H and O–H groups in total. The first kappa shape index (κ1) is 10.6. The third-order valence-electron chi connectivity index (χ3n) is 2.50. The lowest BCUT2D eigenvalue weighted by atomic mass is 9.92. The van der Waals surface area contributed by atoms with E-state index in [9.17, 15) is 4.79 Å². The standard InChI is InChI=1S/C11H12BrNO2/c1-11(7-15-6-10(14)13-11)8-3-2-4-9(12)5-8/h2-5H,6-7H2,1H3,(H,13,14). The molecule has 1 heterocycles. The van der Waals surface area contributed by atoms with Gasteiger partial charge in [0.15, 0.2) is 0 Å². The lowest BCUT2D eigenvalue weighted by Crippen LogP contribution is -2.52. The quantitative estimate of drug-likeness (QED) is 0.845. The molecule has 0 bridgehead atoms. The van der Waals surface area contributed by atoms with Crippen LogP contribution in [0, 0.1) is 0 Å². The molecule has 1 saturated heterocycles. The molecule has 1 amide bonds. The minimum absolute atomic E-state index is 0.0660. The first-order valence-electron chi connectivity index (χ1n) is 4.75. The fourth-order valence-corrected chi connectivity index (χ4v) is 2.11. The van der Waals surface area contributed by atoms with Crippen LogP contribution in [0.4, 0.5) is 0 Å². The molecule has 2 rings (SSSR count). The van der Waals surface area contributed by atoms with E-state index < -0.39 is 5.54 Å². The van der Waals surface area contributed by atoms with Crippen molar-refractivity contribution in [1.82, 2.24) is 5.32 Å². The van der Waals surface area contributed by atoms with Gasteiger partial charge in [0, 0.05) is 4.47 Å². The third kappa shape index (κ3) is 2.21. The van der Waals surface area contributed by atoms with Gasteiger partial charge in [-0.25, -0.2) is 0 Å². The minimum Gasteiger partial charge on any atom is -0.369 e. The van der Waals surface area contributed by atoms with Crippen molar-refractivity contribution < 1.29 is 9.53 Å². The Balaban J connectivity index is 2.32. The number of benzene rings is 1. The van der Waals surface area contributed by atoms with Gasteiger partial charge in [0.05, 0.1) is 12.1 Å². The normalized spacial score (nSPS) is 26.1. The molecule has 0 radical (unpaired) electrons. The summed E-state index contributed by atoms with van der Waals surface area (Å²) in [5.74, 6) is -0.0660. The smallest absolute Gasteiger partial charge is 0.246 e. The average Bonchev–Trinajstić information content (AvgIpc) is 2.17. The predicted molar refractivity (Wildman–Crippen MR) is 60.5 cm³/mol. The first-order chi connectivity index (χ1) is 7.10. The van der Waals surface area contributed by atoms with Crippen LogP contribution in [0.15, 0.2) is 28.7 Å².